The molecule has 0 atom stereocenters. The predicted molar refractivity (Wildman–Crippen MR) is 61.3 cm³/mol. The lowest BCUT2D eigenvalue weighted by atomic mass is 10.1. The Bertz CT molecular complexity index is 521. The number of nitrogens with zero attached hydrogens (tertiary/aromatic N) is 2. The number of carboxylic acid groups (broad SMARTS) is 1. The van der Waals surface area contributed by atoms with Gasteiger partial charge in [-0.1, -0.05) is 6.07 Å². The molecular formula is C12H12N2O3. The van der Waals surface area contributed by atoms with E-state index in [0.717, 1.165) is 5.56 Å². The lowest BCUT2D eigenvalue weighted by Gasteiger charge is -2.09. The molecule has 5 heteroatoms. The Morgan fingerprint density at radius 3 is 2.94 bits per heavy atom. The first-order valence-electron chi connectivity index (χ1n) is 5.08. The molecule has 0 aliphatic carbocycles. The molecule has 0 bridgehead atoms. The second kappa shape index (κ2) is 4.69. The third-order valence-corrected chi connectivity index (χ3v) is 2.43. The van der Waals surface area contributed by atoms with Crippen LogP contribution in [0.2, 0.25) is 0 Å². The van der Waals surface area contributed by atoms with E-state index in [9.17, 15) is 4.79 Å². The van der Waals surface area contributed by atoms with Crippen LogP contribution in [0.5, 0.6) is 5.75 Å². The van der Waals surface area contributed by atoms with Gasteiger partial charge in [0.15, 0.2) is 0 Å². The van der Waals surface area contributed by atoms with Gasteiger partial charge in [0.05, 0.1) is 19.2 Å². The van der Waals surface area contributed by atoms with E-state index in [1.54, 1.807) is 23.0 Å². The number of aromatic carboxylic acids is 1. The van der Waals surface area contributed by atoms with Gasteiger partial charge in [-0.05, 0) is 18.2 Å². The largest absolute Gasteiger partial charge is 0.496 e. The Morgan fingerprint density at radius 2 is 2.35 bits per heavy atom. The molecule has 2 rings (SSSR count). The SMILES string of the molecule is COc1cc(C(=O)O)ccc1Cn1cccn1. The summed E-state index contributed by atoms with van der Waals surface area (Å²) in [6.07, 6.45) is 3.53. The molecule has 5 nitrogen and oxygen atoms in total. The van der Waals surface area contributed by atoms with Crippen molar-refractivity contribution < 1.29 is 14.6 Å². The van der Waals surface area contributed by atoms with Gasteiger partial charge in [0.1, 0.15) is 5.75 Å². The van der Waals surface area contributed by atoms with Gasteiger partial charge in [-0.3, -0.25) is 4.68 Å². The lowest BCUT2D eigenvalue weighted by Crippen LogP contribution is -2.04. The molecule has 0 amide bonds. The molecule has 2 aromatic rings. The first-order chi connectivity index (χ1) is 8.20. The van der Waals surface area contributed by atoms with Gasteiger partial charge in [-0.25, -0.2) is 4.79 Å². The van der Waals surface area contributed by atoms with Gasteiger partial charge in [-0.2, -0.15) is 5.10 Å². The molecule has 88 valence electrons. The van der Waals surface area contributed by atoms with Crippen LogP contribution in [0.1, 0.15) is 15.9 Å². The molecular weight excluding hydrogens is 220 g/mol. The van der Waals surface area contributed by atoms with Crippen molar-refractivity contribution in [1.82, 2.24) is 9.78 Å². The fourth-order valence-corrected chi connectivity index (χ4v) is 1.58. The minimum atomic E-state index is -0.964. The summed E-state index contributed by atoms with van der Waals surface area (Å²) in [4.78, 5) is 10.8. The van der Waals surface area contributed by atoms with Crippen LogP contribution in [0.4, 0.5) is 0 Å². The highest BCUT2D eigenvalue weighted by molar-refractivity contribution is 5.88. The summed E-state index contributed by atoms with van der Waals surface area (Å²) in [5.41, 5.74) is 1.10. The first kappa shape index (κ1) is 11.2. The van der Waals surface area contributed by atoms with E-state index in [-0.39, 0.29) is 5.56 Å². The van der Waals surface area contributed by atoms with E-state index < -0.39 is 5.97 Å². The zero-order chi connectivity index (χ0) is 12.3. The number of carbonyl (C=O) groups is 1. The summed E-state index contributed by atoms with van der Waals surface area (Å²) in [5.74, 6) is -0.408. The Kier molecular flexibility index (Phi) is 3.09. The van der Waals surface area contributed by atoms with Crippen molar-refractivity contribution in [2.24, 2.45) is 0 Å². The standard InChI is InChI=1S/C12H12N2O3/c1-17-11-7-9(12(15)16)3-4-10(11)8-14-6-2-5-13-14/h2-7H,8H2,1H3,(H,15,16). The van der Waals surface area contributed by atoms with E-state index in [1.165, 1.54) is 13.2 Å². The van der Waals surface area contributed by atoms with E-state index in [4.69, 9.17) is 9.84 Å². The minimum absolute atomic E-state index is 0.214. The summed E-state index contributed by atoms with van der Waals surface area (Å²) in [7, 11) is 1.52. The van der Waals surface area contributed by atoms with Crippen molar-refractivity contribution in [3.8, 4) is 5.75 Å². The first-order valence-corrected chi connectivity index (χ1v) is 5.08. The number of ether oxygens (including phenoxy) is 1. The number of hydrogen-bond donors (Lipinski definition) is 1. The molecule has 0 spiro atoms. The van der Waals surface area contributed by atoms with Crippen molar-refractivity contribution in [3.63, 3.8) is 0 Å². The number of aromatic nitrogens is 2. The van der Waals surface area contributed by atoms with E-state index >= 15 is 0 Å². The number of methoxy groups -OCH3 is 1. The van der Waals surface area contributed by atoms with Gasteiger partial charge in [0.2, 0.25) is 0 Å². The zero-order valence-corrected chi connectivity index (χ0v) is 9.33. The molecule has 0 unspecified atom stereocenters. The second-order valence-electron chi connectivity index (χ2n) is 3.54. The molecule has 1 N–H and O–H groups in total. The molecule has 1 aromatic heterocycles. The highest BCUT2D eigenvalue weighted by Crippen LogP contribution is 2.21. The molecule has 0 saturated carbocycles. The topological polar surface area (TPSA) is 64.3 Å². The van der Waals surface area contributed by atoms with Gasteiger partial charge < -0.3 is 9.84 Å². The summed E-state index contributed by atoms with van der Waals surface area (Å²) in [6.45, 7) is 0.552. The zero-order valence-electron chi connectivity index (χ0n) is 9.33. The molecule has 0 aliphatic heterocycles. The summed E-state index contributed by atoms with van der Waals surface area (Å²) in [6, 6.07) is 6.65. The molecule has 17 heavy (non-hydrogen) atoms. The quantitative estimate of drug-likeness (QED) is 0.870. The third kappa shape index (κ3) is 2.44. The third-order valence-electron chi connectivity index (χ3n) is 2.43. The van der Waals surface area contributed by atoms with Crippen LogP contribution < -0.4 is 4.74 Å². The molecule has 1 aromatic carbocycles. The normalized spacial score (nSPS) is 10.2. The summed E-state index contributed by atoms with van der Waals surface area (Å²) >= 11 is 0. The van der Waals surface area contributed by atoms with Crippen LogP contribution in [0.25, 0.3) is 0 Å². The Balaban J connectivity index is 2.31. The summed E-state index contributed by atoms with van der Waals surface area (Å²) < 4.78 is 6.93. The van der Waals surface area contributed by atoms with E-state index in [2.05, 4.69) is 5.10 Å². The van der Waals surface area contributed by atoms with Crippen LogP contribution in [-0.2, 0) is 6.54 Å². The second-order valence-corrected chi connectivity index (χ2v) is 3.54. The van der Waals surface area contributed by atoms with Crippen LogP contribution in [-0.4, -0.2) is 28.0 Å². The van der Waals surface area contributed by atoms with Gasteiger partial charge in [0, 0.05) is 18.0 Å². The van der Waals surface area contributed by atoms with Gasteiger partial charge in [0.25, 0.3) is 0 Å². The van der Waals surface area contributed by atoms with Crippen LogP contribution in [0.3, 0.4) is 0 Å². The number of benzene rings is 1. The van der Waals surface area contributed by atoms with Crippen molar-refractivity contribution in [2.45, 2.75) is 6.54 Å². The van der Waals surface area contributed by atoms with Crippen LogP contribution in [0, 0.1) is 0 Å². The monoisotopic (exact) mass is 232 g/mol. The Hall–Kier alpha value is -2.30. The highest BCUT2D eigenvalue weighted by Gasteiger charge is 2.09. The van der Waals surface area contributed by atoms with Crippen LogP contribution in [0.15, 0.2) is 36.7 Å². The molecule has 1 heterocycles. The number of carboxylic acids is 1. The molecule has 0 radical (unpaired) electrons. The fourth-order valence-electron chi connectivity index (χ4n) is 1.58. The van der Waals surface area contributed by atoms with E-state index in [1.807, 2.05) is 12.3 Å². The number of hydrogen-bond acceptors (Lipinski definition) is 3. The van der Waals surface area contributed by atoms with E-state index in [0.29, 0.717) is 12.3 Å². The predicted octanol–water partition coefficient (Wildman–Crippen LogP) is 1.64. The van der Waals surface area contributed by atoms with Gasteiger partial charge in [-0.15, -0.1) is 0 Å². The highest BCUT2D eigenvalue weighted by atomic mass is 16.5. The lowest BCUT2D eigenvalue weighted by molar-refractivity contribution is 0.0696. The molecule has 0 fully saturated rings. The fraction of sp³-hybridized carbons (Fsp3) is 0.167. The maximum atomic E-state index is 10.8. The van der Waals surface area contributed by atoms with Gasteiger partial charge >= 0.3 is 5.97 Å². The van der Waals surface area contributed by atoms with Crippen molar-refractivity contribution in [1.29, 1.82) is 0 Å². The maximum Gasteiger partial charge on any atom is 0.335 e. The number of rotatable bonds is 4. The maximum absolute atomic E-state index is 10.8. The minimum Gasteiger partial charge on any atom is -0.496 e. The van der Waals surface area contributed by atoms with Crippen molar-refractivity contribution in [2.75, 3.05) is 7.11 Å². The van der Waals surface area contributed by atoms with Crippen LogP contribution >= 0.6 is 0 Å². The van der Waals surface area contributed by atoms with Crippen molar-refractivity contribution >= 4 is 5.97 Å². The molecule has 0 aliphatic rings. The molecule has 0 saturated heterocycles. The van der Waals surface area contributed by atoms with Crippen molar-refractivity contribution in [3.05, 3.63) is 47.8 Å². The Labute approximate surface area is 98.3 Å². The average molecular weight is 232 g/mol. The Morgan fingerprint density at radius 1 is 1.53 bits per heavy atom. The summed E-state index contributed by atoms with van der Waals surface area (Å²) in [5, 5.41) is 13.0. The average Bonchev–Trinajstić information content (AvgIpc) is 2.82. The smallest absolute Gasteiger partial charge is 0.335 e.